The minimum atomic E-state index is -0.181. The number of carbonyl (C=O) groups is 1. The molecule has 206 valence electrons. The molecule has 0 aromatic heterocycles. The quantitative estimate of drug-likeness (QED) is 0.164. The highest BCUT2D eigenvalue weighted by Crippen LogP contribution is 2.34. The number of Topliss-reactive ketones (excluding diaryl/α,β-unsaturated/α-hetero) is 1. The van der Waals surface area contributed by atoms with Gasteiger partial charge in [0.05, 0.1) is 5.70 Å². The Bertz CT molecular complexity index is 1180. The second-order valence-corrected chi connectivity index (χ2v) is 10.3. The molecule has 0 aliphatic heterocycles. The Morgan fingerprint density at radius 1 is 0.846 bits per heavy atom. The summed E-state index contributed by atoms with van der Waals surface area (Å²) in [6, 6.07) is 27.4. The first-order valence-corrected chi connectivity index (χ1v) is 13.9. The maximum absolute atomic E-state index is 12.8. The lowest BCUT2D eigenvalue weighted by Crippen LogP contribution is -2.18. The molecule has 3 aromatic carbocycles. The molecule has 39 heavy (non-hydrogen) atoms. The van der Waals surface area contributed by atoms with Crippen LogP contribution in [0.1, 0.15) is 90.8 Å². The number of benzene rings is 3. The summed E-state index contributed by atoms with van der Waals surface area (Å²) in [6.45, 7) is 15.9. The van der Waals surface area contributed by atoms with Crippen molar-refractivity contribution in [2.24, 2.45) is 10.4 Å². The first-order chi connectivity index (χ1) is 18.5. The standard InChI is InChI=1S/C14H13F.C13H22BNO.C8H10/c1-11(12-5-3-2-4-6-12)13-7-9-14(15)10-8-13;1-7-11(9(3)16)12(15-10(4)14)13(5,6)8-2;1-2-8-6-4-3-5-7-8/h2-11H,1H3;7-8H2,1-6H3;3-7H,2H2,1H3/b;12-11-,15-10?;. The van der Waals surface area contributed by atoms with Gasteiger partial charge in [-0.1, -0.05) is 114 Å². The van der Waals surface area contributed by atoms with Crippen LogP contribution in [0.2, 0.25) is 0 Å². The number of ketones is 1. The molecule has 3 aromatic rings. The molecule has 1 unspecified atom stereocenters. The van der Waals surface area contributed by atoms with E-state index in [0.29, 0.717) is 17.9 Å². The van der Waals surface area contributed by atoms with E-state index in [4.69, 9.17) is 7.85 Å². The molecule has 0 heterocycles. The van der Waals surface area contributed by atoms with Crippen LogP contribution in [0.15, 0.2) is 101 Å². The second kappa shape index (κ2) is 17.3. The van der Waals surface area contributed by atoms with E-state index in [1.54, 1.807) is 13.8 Å². The fourth-order valence-electron chi connectivity index (χ4n) is 3.95. The SMILES string of the molecule is CC(c1ccccc1)c1ccc(F)cc1.CCc1ccccc1.[B]C(C)=N/C(=C(/CC)C(C)=O)C(C)(C)CC. The van der Waals surface area contributed by atoms with Crippen molar-refractivity contribution in [3.05, 3.63) is 119 Å². The fraction of sp³-hybridized carbons (Fsp3) is 0.371. The molecule has 0 saturated carbocycles. The van der Waals surface area contributed by atoms with Crippen LogP contribution in [0.25, 0.3) is 0 Å². The van der Waals surface area contributed by atoms with Gasteiger partial charge in [0, 0.05) is 16.9 Å². The van der Waals surface area contributed by atoms with E-state index in [9.17, 15) is 9.18 Å². The minimum absolute atomic E-state index is 0.0871. The first-order valence-electron chi connectivity index (χ1n) is 13.9. The van der Waals surface area contributed by atoms with E-state index in [0.717, 1.165) is 29.7 Å². The molecule has 0 bridgehead atoms. The Morgan fingerprint density at radius 2 is 1.33 bits per heavy atom. The molecule has 0 spiro atoms. The van der Waals surface area contributed by atoms with E-state index in [1.165, 1.54) is 23.3 Å². The largest absolute Gasteiger partial charge is 0.295 e. The molecule has 0 aliphatic rings. The third-order valence-corrected chi connectivity index (χ3v) is 6.80. The first kappa shape index (κ1) is 33.8. The van der Waals surface area contributed by atoms with Crippen LogP contribution < -0.4 is 0 Å². The summed E-state index contributed by atoms with van der Waals surface area (Å²) in [7, 11) is 5.64. The van der Waals surface area contributed by atoms with Gasteiger partial charge in [0.2, 0.25) is 0 Å². The van der Waals surface area contributed by atoms with Crippen molar-refractivity contribution in [3.63, 3.8) is 0 Å². The van der Waals surface area contributed by atoms with Crippen LogP contribution in [0.3, 0.4) is 0 Å². The number of halogens is 1. The zero-order valence-corrected chi connectivity index (χ0v) is 25.1. The average Bonchev–Trinajstić information content (AvgIpc) is 2.94. The normalized spacial score (nSPS) is 12.7. The smallest absolute Gasteiger partial charge is 0.157 e. The molecule has 0 amide bonds. The van der Waals surface area contributed by atoms with Crippen LogP contribution >= 0.6 is 0 Å². The Morgan fingerprint density at radius 3 is 1.72 bits per heavy atom. The molecular weight excluding hydrogens is 480 g/mol. The number of hydrogen-bond donors (Lipinski definition) is 0. The number of aryl methyl sites for hydroxylation is 1. The lowest BCUT2D eigenvalue weighted by molar-refractivity contribution is -0.113. The maximum atomic E-state index is 12.8. The number of allylic oxidation sites excluding steroid dienone is 2. The summed E-state index contributed by atoms with van der Waals surface area (Å²) < 4.78 is 12.8. The van der Waals surface area contributed by atoms with Crippen molar-refractivity contribution in [1.82, 2.24) is 0 Å². The van der Waals surface area contributed by atoms with Crippen molar-refractivity contribution >= 4 is 19.2 Å². The summed E-state index contributed by atoms with van der Waals surface area (Å²) in [5, 5.41) is 0. The molecular formula is C35H45BFNO. The van der Waals surface area contributed by atoms with E-state index >= 15 is 0 Å². The Balaban J connectivity index is 0.000000307. The van der Waals surface area contributed by atoms with Gasteiger partial charge in [-0.25, -0.2) is 4.39 Å². The van der Waals surface area contributed by atoms with Crippen molar-refractivity contribution in [2.75, 3.05) is 0 Å². The number of hydrogen-bond acceptors (Lipinski definition) is 2. The second-order valence-electron chi connectivity index (χ2n) is 10.3. The molecule has 4 heteroatoms. The summed E-state index contributed by atoms with van der Waals surface area (Å²) in [6.07, 6.45) is 2.77. The van der Waals surface area contributed by atoms with Gasteiger partial charge in [0.15, 0.2) is 5.78 Å². The van der Waals surface area contributed by atoms with Gasteiger partial charge in [0.1, 0.15) is 13.7 Å². The predicted molar refractivity (Wildman–Crippen MR) is 167 cm³/mol. The summed E-state index contributed by atoms with van der Waals surface area (Å²) >= 11 is 0. The van der Waals surface area contributed by atoms with Crippen LogP contribution in [0.5, 0.6) is 0 Å². The minimum Gasteiger partial charge on any atom is -0.295 e. The van der Waals surface area contributed by atoms with Gasteiger partial charge in [-0.3, -0.25) is 9.79 Å². The fourth-order valence-corrected chi connectivity index (χ4v) is 3.95. The van der Waals surface area contributed by atoms with Crippen molar-refractivity contribution in [2.45, 2.75) is 80.6 Å². The lowest BCUT2D eigenvalue weighted by Gasteiger charge is -2.26. The van der Waals surface area contributed by atoms with Gasteiger partial charge >= 0.3 is 0 Å². The van der Waals surface area contributed by atoms with E-state index in [2.05, 4.69) is 76.0 Å². The summed E-state index contributed by atoms with van der Waals surface area (Å²) in [4.78, 5) is 16.0. The van der Waals surface area contributed by atoms with Gasteiger partial charge in [0.25, 0.3) is 0 Å². The maximum Gasteiger partial charge on any atom is 0.157 e. The molecule has 0 fully saturated rings. The molecule has 1 atom stereocenters. The van der Waals surface area contributed by atoms with Crippen molar-refractivity contribution in [1.29, 1.82) is 0 Å². The van der Waals surface area contributed by atoms with Crippen molar-refractivity contribution in [3.8, 4) is 0 Å². The Labute approximate surface area is 237 Å². The molecule has 0 saturated heterocycles. The molecule has 2 radical (unpaired) electrons. The highest BCUT2D eigenvalue weighted by molar-refractivity contribution is 6.59. The van der Waals surface area contributed by atoms with Gasteiger partial charge < -0.3 is 0 Å². The van der Waals surface area contributed by atoms with E-state index < -0.39 is 0 Å². The van der Waals surface area contributed by atoms with Gasteiger partial charge in [-0.2, -0.15) is 0 Å². The zero-order valence-electron chi connectivity index (χ0n) is 25.1. The highest BCUT2D eigenvalue weighted by Gasteiger charge is 2.25. The molecule has 2 nitrogen and oxygen atoms in total. The Kier molecular flexibility index (Phi) is 15.0. The molecule has 3 rings (SSSR count). The summed E-state index contributed by atoms with van der Waals surface area (Å²) in [5.41, 5.74) is 5.82. The lowest BCUT2D eigenvalue weighted by atomic mass is 9.82. The third-order valence-electron chi connectivity index (χ3n) is 6.80. The van der Waals surface area contributed by atoms with E-state index in [1.807, 2.05) is 43.3 Å². The van der Waals surface area contributed by atoms with Crippen LogP contribution in [-0.4, -0.2) is 19.2 Å². The van der Waals surface area contributed by atoms with Crippen molar-refractivity contribution < 1.29 is 9.18 Å². The number of rotatable bonds is 8. The highest BCUT2D eigenvalue weighted by atomic mass is 19.1. The number of carbonyl (C=O) groups excluding carboxylic acids is 1. The monoisotopic (exact) mass is 525 g/mol. The zero-order chi connectivity index (χ0) is 29.4. The number of nitrogens with zero attached hydrogens (tertiary/aromatic N) is 1. The molecule has 0 aliphatic carbocycles. The third kappa shape index (κ3) is 12.0. The van der Waals surface area contributed by atoms with Crippen LogP contribution in [-0.2, 0) is 11.2 Å². The molecule has 0 N–H and O–H groups in total. The predicted octanol–water partition coefficient (Wildman–Crippen LogP) is 9.49. The van der Waals surface area contributed by atoms with Gasteiger partial charge in [-0.05, 0) is 67.5 Å². The van der Waals surface area contributed by atoms with Crippen LogP contribution in [0.4, 0.5) is 4.39 Å². The Hall–Kier alpha value is -3.27. The van der Waals surface area contributed by atoms with Crippen LogP contribution in [0, 0.1) is 11.2 Å². The average molecular weight is 526 g/mol. The number of aliphatic imine (C=N–C) groups is 1. The topological polar surface area (TPSA) is 29.4 Å². The van der Waals surface area contributed by atoms with Gasteiger partial charge in [-0.15, -0.1) is 0 Å². The van der Waals surface area contributed by atoms with E-state index in [-0.39, 0.29) is 17.0 Å². The summed E-state index contributed by atoms with van der Waals surface area (Å²) in [5.74, 6) is 0.217.